The minimum atomic E-state index is -0.811. The Hall–Kier alpha value is -4.71. The number of rotatable bonds is 53. The number of allylic oxidation sites excluding steroid dienone is 24. The summed E-state index contributed by atoms with van der Waals surface area (Å²) in [5, 5.41) is 0. The average molecular weight is 1040 g/mol. The van der Waals surface area contributed by atoms with Gasteiger partial charge in [0.05, 0.1) is 0 Å². The van der Waals surface area contributed by atoms with Crippen molar-refractivity contribution in [3.8, 4) is 0 Å². The van der Waals surface area contributed by atoms with Crippen LogP contribution in [0.4, 0.5) is 0 Å². The van der Waals surface area contributed by atoms with Gasteiger partial charge in [0.15, 0.2) is 6.10 Å². The van der Waals surface area contributed by atoms with Gasteiger partial charge in [-0.2, -0.15) is 0 Å². The lowest BCUT2D eigenvalue weighted by molar-refractivity contribution is -0.167. The first-order valence-corrected chi connectivity index (χ1v) is 30.3. The summed E-state index contributed by atoms with van der Waals surface area (Å²) < 4.78 is 16.9. The molecule has 0 heterocycles. The lowest BCUT2D eigenvalue weighted by Crippen LogP contribution is -2.30. The molecule has 0 spiro atoms. The molecule has 422 valence electrons. The van der Waals surface area contributed by atoms with E-state index in [1.807, 2.05) is 0 Å². The van der Waals surface area contributed by atoms with Gasteiger partial charge < -0.3 is 14.2 Å². The van der Waals surface area contributed by atoms with Crippen LogP contribution in [0.2, 0.25) is 0 Å². The molecular weight excluding hydrogens is 925 g/mol. The molecule has 0 radical (unpaired) electrons. The molecule has 6 nitrogen and oxygen atoms in total. The molecule has 0 bridgehead atoms. The summed E-state index contributed by atoms with van der Waals surface area (Å²) in [6.45, 7) is 6.26. The third-order valence-corrected chi connectivity index (χ3v) is 12.3. The van der Waals surface area contributed by atoms with Crippen LogP contribution in [-0.2, 0) is 28.6 Å². The predicted molar refractivity (Wildman–Crippen MR) is 325 cm³/mol. The maximum Gasteiger partial charge on any atom is 0.306 e. The van der Waals surface area contributed by atoms with Crippen LogP contribution in [0, 0.1) is 0 Å². The Labute approximate surface area is 461 Å². The van der Waals surface area contributed by atoms with Crippen molar-refractivity contribution in [1.29, 1.82) is 0 Å². The monoisotopic (exact) mass is 1030 g/mol. The zero-order chi connectivity index (χ0) is 54.3. The van der Waals surface area contributed by atoms with Gasteiger partial charge in [0.25, 0.3) is 0 Å². The van der Waals surface area contributed by atoms with E-state index in [-0.39, 0.29) is 37.5 Å². The molecular formula is C69H110O6. The van der Waals surface area contributed by atoms with E-state index in [9.17, 15) is 14.4 Å². The topological polar surface area (TPSA) is 78.9 Å². The number of carbonyl (C=O) groups excluding carboxylic acids is 3. The molecule has 0 aliphatic carbocycles. The third kappa shape index (κ3) is 60.0. The van der Waals surface area contributed by atoms with Crippen LogP contribution < -0.4 is 0 Å². The average Bonchev–Trinajstić information content (AvgIpc) is 3.41. The Bertz CT molecular complexity index is 1660. The summed E-state index contributed by atoms with van der Waals surface area (Å²) >= 11 is 0. The van der Waals surface area contributed by atoms with Crippen LogP contribution in [0.15, 0.2) is 146 Å². The van der Waals surface area contributed by atoms with E-state index >= 15 is 0 Å². The van der Waals surface area contributed by atoms with Crippen molar-refractivity contribution in [1.82, 2.24) is 0 Å². The number of unbranched alkanes of at least 4 members (excludes halogenated alkanes) is 18. The van der Waals surface area contributed by atoms with Crippen molar-refractivity contribution in [2.75, 3.05) is 13.2 Å². The molecule has 0 N–H and O–H groups in total. The number of hydrogen-bond acceptors (Lipinski definition) is 6. The highest BCUT2D eigenvalue weighted by Crippen LogP contribution is 2.14. The zero-order valence-electron chi connectivity index (χ0n) is 48.3. The molecule has 6 heteroatoms. The molecule has 0 aromatic carbocycles. The van der Waals surface area contributed by atoms with E-state index in [0.29, 0.717) is 19.3 Å². The van der Waals surface area contributed by atoms with Gasteiger partial charge in [0, 0.05) is 19.3 Å². The van der Waals surface area contributed by atoms with Gasteiger partial charge in [-0.05, 0) is 135 Å². The highest BCUT2D eigenvalue weighted by molar-refractivity contribution is 5.71. The van der Waals surface area contributed by atoms with Crippen molar-refractivity contribution in [3.63, 3.8) is 0 Å². The number of ether oxygens (including phenoxy) is 3. The first-order valence-electron chi connectivity index (χ1n) is 30.3. The second-order valence-corrected chi connectivity index (χ2v) is 19.5. The summed E-state index contributed by atoms with van der Waals surface area (Å²) in [5.41, 5.74) is 0. The van der Waals surface area contributed by atoms with Crippen LogP contribution in [0.1, 0.15) is 252 Å². The zero-order valence-corrected chi connectivity index (χ0v) is 48.3. The quantitative estimate of drug-likeness (QED) is 0.0261. The van der Waals surface area contributed by atoms with Gasteiger partial charge >= 0.3 is 17.9 Å². The SMILES string of the molecule is CC/C=C\C/C=C\C/C=C\C/C=C\C/C=C\CCCCCC(=O)OC(COC(=O)CCCCCCCCC/C=C\C/C=C\C/C=C\CC)COC(=O)CCCCCCCCCC/C=C\C/C=C\C/C=C\C/C=C\CC. The maximum atomic E-state index is 12.9. The van der Waals surface area contributed by atoms with Crippen molar-refractivity contribution in [3.05, 3.63) is 146 Å². The smallest absolute Gasteiger partial charge is 0.306 e. The van der Waals surface area contributed by atoms with E-state index in [1.165, 1.54) is 57.8 Å². The minimum Gasteiger partial charge on any atom is -0.462 e. The second-order valence-electron chi connectivity index (χ2n) is 19.5. The summed E-state index contributed by atoms with van der Waals surface area (Å²) in [5.74, 6) is -0.957. The molecule has 0 rings (SSSR count). The molecule has 0 fully saturated rings. The van der Waals surface area contributed by atoms with E-state index in [4.69, 9.17) is 14.2 Å². The molecule has 0 saturated carbocycles. The van der Waals surface area contributed by atoms with Crippen LogP contribution in [0.3, 0.4) is 0 Å². The van der Waals surface area contributed by atoms with E-state index in [1.54, 1.807) is 0 Å². The molecule has 1 atom stereocenters. The van der Waals surface area contributed by atoms with Crippen LogP contribution in [0.5, 0.6) is 0 Å². The summed E-state index contributed by atoms with van der Waals surface area (Å²) in [6.07, 6.45) is 88.4. The summed E-state index contributed by atoms with van der Waals surface area (Å²) in [7, 11) is 0. The Balaban J connectivity index is 4.50. The Morgan fingerprint density at radius 1 is 0.267 bits per heavy atom. The van der Waals surface area contributed by atoms with Gasteiger partial charge in [0.1, 0.15) is 13.2 Å². The molecule has 0 aliphatic heterocycles. The van der Waals surface area contributed by atoms with Gasteiger partial charge in [-0.25, -0.2) is 0 Å². The molecule has 0 amide bonds. The van der Waals surface area contributed by atoms with Gasteiger partial charge in [0.2, 0.25) is 0 Å². The fourth-order valence-electron chi connectivity index (χ4n) is 7.89. The van der Waals surface area contributed by atoms with Crippen molar-refractivity contribution >= 4 is 17.9 Å². The minimum absolute atomic E-state index is 0.105. The van der Waals surface area contributed by atoms with Crippen molar-refractivity contribution in [2.45, 2.75) is 258 Å². The number of hydrogen-bond donors (Lipinski definition) is 0. The predicted octanol–water partition coefficient (Wildman–Crippen LogP) is 20.8. The standard InChI is InChI=1S/C69H110O6/c1-4-7-10-13-16-19-22-25-28-31-33-34-36-38-41-44-47-50-53-56-59-62-68(71)74-65-66(64-73-67(70)61-58-55-52-49-46-43-40-37-30-27-24-21-18-15-12-9-6-3)75-69(72)63-60-57-54-51-48-45-42-39-35-32-29-26-23-20-17-14-11-8-5-2/h7-12,16-21,25-30,33-35,39,45,48,66H,4-6,13-15,22-24,31-32,36-38,40-44,46-47,49-65H2,1-3H3/b10-7-,11-8-,12-9-,19-16-,20-17-,21-18-,28-25-,29-26-,30-27-,34-33-,39-35-,48-45-. The largest absolute Gasteiger partial charge is 0.462 e. The Morgan fingerprint density at radius 2 is 0.480 bits per heavy atom. The Morgan fingerprint density at radius 3 is 0.760 bits per heavy atom. The molecule has 0 aliphatic rings. The van der Waals surface area contributed by atoms with Crippen LogP contribution in [0.25, 0.3) is 0 Å². The van der Waals surface area contributed by atoms with Gasteiger partial charge in [-0.3, -0.25) is 14.4 Å². The molecule has 0 saturated heterocycles. The maximum absolute atomic E-state index is 12.9. The lowest BCUT2D eigenvalue weighted by atomic mass is 10.1. The van der Waals surface area contributed by atoms with E-state index < -0.39 is 6.10 Å². The fourth-order valence-corrected chi connectivity index (χ4v) is 7.89. The van der Waals surface area contributed by atoms with Crippen molar-refractivity contribution < 1.29 is 28.6 Å². The first-order chi connectivity index (χ1) is 37.0. The number of esters is 3. The number of carbonyl (C=O) groups is 3. The fraction of sp³-hybridized carbons (Fsp3) is 0.609. The molecule has 75 heavy (non-hydrogen) atoms. The van der Waals surface area contributed by atoms with Gasteiger partial charge in [-0.1, -0.05) is 244 Å². The first kappa shape index (κ1) is 70.3. The van der Waals surface area contributed by atoms with Crippen LogP contribution >= 0.6 is 0 Å². The normalized spacial score (nSPS) is 13.2. The Kier molecular flexibility index (Phi) is 58.0. The summed E-state index contributed by atoms with van der Waals surface area (Å²) in [6, 6.07) is 0. The third-order valence-electron chi connectivity index (χ3n) is 12.3. The summed E-state index contributed by atoms with van der Waals surface area (Å²) in [4.78, 5) is 38.3. The lowest BCUT2D eigenvalue weighted by Gasteiger charge is -2.18. The van der Waals surface area contributed by atoms with E-state index in [0.717, 1.165) is 148 Å². The highest BCUT2D eigenvalue weighted by atomic mass is 16.6. The van der Waals surface area contributed by atoms with Crippen LogP contribution in [-0.4, -0.2) is 37.2 Å². The van der Waals surface area contributed by atoms with Gasteiger partial charge in [-0.15, -0.1) is 0 Å². The van der Waals surface area contributed by atoms with Crippen molar-refractivity contribution in [2.24, 2.45) is 0 Å². The van der Waals surface area contributed by atoms with E-state index in [2.05, 4.69) is 167 Å². The molecule has 0 aromatic heterocycles. The molecule has 1 unspecified atom stereocenters. The second kappa shape index (κ2) is 61.8. The molecule has 0 aromatic rings. The highest BCUT2D eigenvalue weighted by Gasteiger charge is 2.19.